The maximum absolute atomic E-state index is 13.0. The number of aryl methyl sites for hydroxylation is 1. The summed E-state index contributed by atoms with van der Waals surface area (Å²) in [6.45, 7) is 6.73. The number of aromatic nitrogens is 1. The highest BCUT2D eigenvalue weighted by Gasteiger charge is 2.27. The number of rotatable bonds is 6. The summed E-state index contributed by atoms with van der Waals surface area (Å²) in [6, 6.07) is 14.0. The van der Waals surface area contributed by atoms with Crippen molar-refractivity contribution in [3.8, 4) is 5.75 Å². The number of hydrogen-bond acceptors (Lipinski definition) is 6. The van der Waals surface area contributed by atoms with E-state index in [0.29, 0.717) is 5.69 Å². The Balaban J connectivity index is 1.45. The fourth-order valence-corrected chi connectivity index (χ4v) is 4.43. The Bertz CT molecular complexity index is 1160. The van der Waals surface area contributed by atoms with Gasteiger partial charge in [0.25, 0.3) is 0 Å². The van der Waals surface area contributed by atoms with Crippen LogP contribution in [0, 0.1) is 6.92 Å². The SMILES string of the molecule is COC(=O)c1[nH]c2cccc(C)c2c1NC(=O)CN1CCN(c2ccc(OC)cc2)C[C@@H]1C. The summed E-state index contributed by atoms with van der Waals surface area (Å²) >= 11 is 0. The van der Waals surface area contributed by atoms with Crippen LogP contribution in [-0.4, -0.2) is 68.2 Å². The molecule has 0 unspecified atom stereocenters. The molecule has 1 aliphatic heterocycles. The summed E-state index contributed by atoms with van der Waals surface area (Å²) in [6.07, 6.45) is 0. The monoisotopic (exact) mass is 450 g/mol. The first-order valence-corrected chi connectivity index (χ1v) is 11.0. The molecule has 4 rings (SSSR count). The van der Waals surface area contributed by atoms with Crippen LogP contribution in [0.25, 0.3) is 10.9 Å². The number of H-pyrrole nitrogens is 1. The minimum absolute atomic E-state index is 0.158. The van der Waals surface area contributed by atoms with E-state index in [1.165, 1.54) is 7.11 Å². The van der Waals surface area contributed by atoms with Gasteiger partial charge in [0, 0.05) is 42.3 Å². The number of aromatic amines is 1. The molecule has 0 radical (unpaired) electrons. The lowest BCUT2D eigenvalue weighted by Crippen LogP contribution is -2.53. The molecule has 2 aromatic carbocycles. The van der Waals surface area contributed by atoms with Crippen molar-refractivity contribution in [1.29, 1.82) is 0 Å². The van der Waals surface area contributed by atoms with Gasteiger partial charge in [-0.05, 0) is 49.7 Å². The van der Waals surface area contributed by atoms with E-state index in [9.17, 15) is 9.59 Å². The number of nitrogens with one attached hydrogen (secondary N) is 2. The molecule has 1 aliphatic rings. The van der Waals surface area contributed by atoms with Crippen molar-refractivity contribution in [2.45, 2.75) is 19.9 Å². The van der Waals surface area contributed by atoms with Crippen LogP contribution in [0.1, 0.15) is 23.0 Å². The molecule has 2 heterocycles. The maximum Gasteiger partial charge on any atom is 0.356 e. The van der Waals surface area contributed by atoms with Crippen LogP contribution in [0.2, 0.25) is 0 Å². The number of piperazine rings is 1. The minimum atomic E-state index is -0.512. The van der Waals surface area contributed by atoms with Crippen molar-refractivity contribution in [3.05, 3.63) is 53.7 Å². The maximum atomic E-state index is 13.0. The predicted molar refractivity (Wildman–Crippen MR) is 129 cm³/mol. The Hall–Kier alpha value is -3.52. The average molecular weight is 451 g/mol. The smallest absolute Gasteiger partial charge is 0.356 e. The third-order valence-electron chi connectivity index (χ3n) is 6.24. The first-order valence-electron chi connectivity index (χ1n) is 11.0. The summed E-state index contributed by atoms with van der Waals surface area (Å²) in [4.78, 5) is 32.9. The highest BCUT2D eigenvalue weighted by atomic mass is 16.5. The molecule has 8 heteroatoms. The standard InChI is InChI=1S/C25H30N4O4/c1-16-6-5-7-20-22(16)23(24(26-20)25(31)33-4)27-21(30)15-28-12-13-29(14-17(28)2)18-8-10-19(32-3)11-9-18/h5-11,17,26H,12-15H2,1-4H3,(H,27,30)/t17-/m0/s1. The van der Waals surface area contributed by atoms with Crippen LogP contribution in [0.4, 0.5) is 11.4 Å². The molecule has 1 aromatic heterocycles. The number of ether oxygens (including phenoxy) is 2. The first-order chi connectivity index (χ1) is 15.9. The Kier molecular flexibility index (Phi) is 6.55. The van der Waals surface area contributed by atoms with Gasteiger partial charge in [-0.25, -0.2) is 4.79 Å². The summed E-state index contributed by atoms with van der Waals surface area (Å²) in [5, 5.41) is 3.80. The number of nitrogens with zero attached hydrogens (tertiary/aromatic N) is 2. The van der Waals surface area contributed by atoms with Crippen LogP contribution in [0.3, 0.4) is 0 Å². The zero-order valence-corrected chi connectivity index (χ0v) is 19.5. The van der Waals surface area contributed by atoms with Crippen molar-refractivity contribution in [2.75, 3.05) is 50.6 Å². The molecule has 0 bridgehead atoms. The number of methoxy groups -OCH3 is 2. The van der Waals surface area contributed by atoms with Gasteiger partial charge in [-0.2, -0.15) is 0 Å². The summed E-state index contributed by atoms with van der Waals surface area (Å²) in [5.74, 6) is 0.164. The van der Waals surface area contributed by atoms with Crippen molar-refractivity contribution in [2.24, 2.45) is 0 Å². The predicted octanol–water partition coefficient (Wildman–Crippen LogP) is 3.42. The average Bonchev–Trinajstić information content (AvgIpc) is 3.19. The summed E-state index contributed by atoms with van der Waals surface area (Å²) in [7, 11) is 2.99. The molecule has 2 N–H and O–H groups in total. The topological polar surface area (TPSA) is 86.9 Å². The van der Waals surface area contributed by atoms with Gasteiger partial charge in [0.05, 0.1) is 26.5 Å². The lowest BCUT2D eigenvalue weighted by atomic mass is 10.1. The van der Waals surface area contributed by atoms with Gasteiger partial charge in [-0.15, -0.1) is 0 Å². The van der Waals surface area contributed by atoms with Crippen LogP contribution < -0.4 is 15.0 Å². The number of anilines is 2. The van der Waals surface area contributed by atoms with Crippen LogP contribution >= 0.6 is 0 Å². The largest absolute Gasteiger partial charge is 0.497 e. The number of benzene rings is 2. The Morgan fingerprint density at radius 2 is 1.88 bits per heavy atom. The Labute approximate surface area is 193 Å². The molecule has 33 heavy (non-hydrogen) atoms. The van der Waals surface area contributed by atoms with E-state index in [-0.39, 0.29) is 24.2 Å². The van der Waals surface area contributed by atoms with E-state index in [4.69, 9.17) is 9.47 Å². The fourth-order valence-electron chi connectivity index (χ4n) is 4.43. The number of esters is 1. The van der Waals surface area contributed by atoms with Gasteiger partial charge in [0.2, 0.25) is 5.91 Å². The van der Waals surface area contributed by atoms with Crippen molar-refractivity contribution in [1.82, 2.24) is 9.88 Å². The lowest BCUT2D eigenvalue weighted by Gasteiger charge is -2.40. The fraction of sp³-hybridized carbons (Fsp3) is 0.360. The van der Waals surface area contributed by atoms with Gasteiger partial charge >= 0.3 is 5.97 Å². The highest BCUT2D eigenvalue weighted by molar-refractivity contribution is 6.12. The molecule has 8 nitrogen and oxygen atoms in total. The van der Waals surface area contributed by atoms with E-state index >= 15 is 0 Å². The summed E-state index contributed by atoms with van der Waals surface area (Å²) in [5.41, 5.74) is 3.63. The lowest BCUT2D eigenvalue weighted by molar-refractivity contribution is -0.117. The molecule has 0 spiro atoms. The van der Waals surface area contributed by atoms with Gasteiger partial charge in [0.15, 0.2) is 0 Å². The number of carbonyl (C=O) groups excluding carboxylic acids is 2. The molecule has 0 aliphatic carbocycles. The highest BCUT2D eigenvalue weighted by Crippen LogP contribution is 2.31. The third-order valence-corrected chi connectivity index (χ3v) is 6.24. The van der Waals surface area contributed by atoms with Gasteiger partial charge < -0.3 is 24.7 Å². The molecular weight excluding hydrogens is 420 g/mol. The normalized spacial score (nSPS) is 16.6. The molecule has 0 saturated carbocycles. The first kappa shape index (κ1) is 22.7. The van der Waals surface area contributed by atoms with Crippen molar-refractivity contribution < 1.29 is 19.1 Å². The van der Waals surface area contributed by atoms with Crippen molar-refractivity contribution >= 4 is 34.2 Å². The molecule has 1 amide bonds. The minimum Gasteiger partial charge on any atom is -0.497 e. The van der Waals surface area contributed by atoms with E-state index < -0.39 is 5.97 Å². The second kappa shape index (κ2) is 9.54. The van der Waals surface area contributed by atoms with Crippen LogP contribution in [0.5, 0.6) is 5.75 Å². The van der Waals surface area contributed by atoms with Crippen molar-refractivity contribution in [3.63, 3.8) is 0 Å². The van der Waals surface area contributed by atoms with Gasteiger partial charge in [-0.1, -0.05) is 12.1 Å². The molecule has 1 atom stereocenters. The number of carbonyl (C=O) groups is 2. The molecule has 1 fully saturated rings. The second-order valence-electron chi connectivity index (χ2n) is 8.38. The zero-order chi connectivity index (χ0) is 23.5. The van der Waals surface area contributed by atoms with Gasteiger partial charge in [-0.3, -0.25) is 9.69 Å². The van der Waals surface area contributed by atoms with E-state index in [2.05, 4.69) is 39.2 Å². The quantitative estimate of drug-likeness (QED) is 0.560. The van der Waals surface area contributed by atoms with E-state index in [1.807, 2.05) is 37.3 Å². The van der Waals surface area contributed by atoms with Crippen LogP contribution in [-0.2, 0) is 9.53 Å². The van der Waals surface area contributed by atoms with E-state index in [0.717, 1.165) is 47.5 Å². The molecule has 174 valence electrons. The molecule has 1 saturated heterocycles. The van der Waals surface area contributed by atoms with Crippen LogP contribution in [0.15, 0.2) is 42.5 Å². The number of fused-ring (bicyclic) bond motifs is 1. The Morgan fingerprint density at radius 3 is 2.55 bits per heavy atom. The third kappa shape index (κ3) is 4.66. The summed E-state index contributed by atoms with van der Waals surface area (Å²) < 4.78 is 10.2. The second-order valence-corrected chi connectivity index (χ2v) is 8.38. The molecular formula is C25H30N4O4. The Morgan fingerprint density at radius 1 is 1.12 bits per heavy atom. The zero-order valence-electron chi connectivity index (χ0n) is 19.5. The van der Waals surface area contributed by atoms with Gasteiger partial charge in [0.1, 0.15) is 11.4 Å². The number of amides is 1. The van der Waals surface area contributed by atoms with E-state index in [1.54, 1.807) is 7.11 Å². The molecule has 3 aromatic rings. The number of hydrogen-bond donors (Lipinski definition) is 2.